The molecular weight excluding hydrogens is 442 g/mol. The molecule has 0 saturated heterocycles. The van der Waals surface area contributed by atoms with Gasteiger partial charge in [0.25, 0.3) is 5.91 Å². The number of rotatable bonds is 11. The van der Waals surface area contributed by atoms with Crippen molar-refractivity contribution in [3.05, 3.63) is 59.9 Å². The van der Waals surface area contributed by atoms with Crippen molar-refractivity contribution in [3.63, 3.8) is 0 Å². The van der Waals surface area contributed by atoms with E-state index in [9.17, 15) is 9.59 Å². The van der Waals surface area contributed by atoms with Gasteiger partial charge in [0.1, 0.15) is 11.5 Å². The van der Waals surface area contributed by atoms with Crippen molar-refractivity contribution < 1.29 is 19.1 Å². The zero-order chi connectivity index (χ0) is 23.6. The molecular formula is C23H27N5O4S. The average molecular weight is 470 g/mol. The molecule has 0 aliphatic rings. The molecule has 0 radical (unpaired) electrons. The first-order valence-electron chi connectivity index (χ1n) is 10.5. The standard InChI is InChI=1S/C23H27N5O4S/c1-4-28-20(14-24-22(30)16-6-10-18(31-3)11-7-16)26-27-23(28)33-15-21(29)25-17-8-12-19(13-9-17)32-5-2/h6-13H,4-5,14-15H2,1-3H3,(H,24,30)(H,25,29). The Kier molecular flexibility index (Phi) is 8.71. The smallest absolute Gasteiger partial charge is 0.251 e. The monoisotopic (exact) mass is 469 g/mol. The third kappa shape index (κ3) is 6.72. The molecule has 0 bridgehead atoms. The molecule has 0 aliphatic heterocycles. The van der Waals surface area contributed by atoms with Crippen LogP contribution in [0.5, 0.6) is 11.5 Å². The van der Waals surface area contributed by atoms with E-state index in [0.717, 1.165) is 5.75 Å². The summed E-state index contributed by atoms with van der Waals surface area (Å²) in [4.78, 5) is 24.7. The summed E-state index contributed by atoms with van der Waals surface area (Å²) >= 11 is 1.29. The maximum atomic E-state index is 12.4. The van der Waals surface area contributed by atoms with Gasteiger partial charge in [-0.25, -0.2) is 0 Å². The lowest BCUT2D eigenvalue weighted by atomic mass is 10.2. The molecule has 0 saturated carbocycles. The highest BCUT2D eigenvalue weighted by atomic mass is 32.2. The second-order valence-electron chi connectivity index (χ2n) is 6.85. The summed E-state index contributed by atoms with van der Waals surface area (Å²) in [5, 5.41) is 14.7. The topological polar surface area (TPSA) is 107 Å². The summed E-state index contributed by atoms with van der Waals surface area (Å²) in [5.74, 6) is 1.88. The molecule has 174 valence electrons. The van der Waals surface area contributed by atoms with Gasteiger partial charge >= 0.3 is 0 Å². The predicted octanol–water partition coefficient (Wildman–Crippen LogP) is 3.37. The lowest BCUT2D eigenvalue weighted by molar-refractivity contribution is -0.113. The summed E-state index contributed by atoms with van der Waals surface area (Å²) in [5.41, 5.74) is 1.22. The number of hydrogen-bond donors (Lipinski definition) is 2. The third-order valence-electron chi connectivity index (χ3n) is 4.65. The van der Waals surface area contributed by atoms with Crippen LogP contribution in [0.2, 0.25) is 0 Å². The van der Waals surface area contributed by atoms with Crippen molar-refractivity contribution in [2.24, 2.45) is 0 Å². The molecule has 33 heavy (non-hydrogen) atoms. The molecule has 0 atom stereocenters. The quantitative estimate of drug-likeness (QED) is 0.415. The molecule has 3 aromatic rings. The average Bonchev–Trinajstić information content (AvgIpc) is 3.24. The minimum absolute atomic E-state index is 0.149. The van der Waals surface area contributed by atoms with Gasteiger partial charge in [-0.3, -0.25) is 9.59 Å². The van der Waals surface area contributed by atoms with Crippen molar-refractivity contribution in [1.29, 1.82) is 0 Å². The first-order valence-corrected chi connectivity index (χ1v) is 11.5. The van der Waals surface area contributed by atoms with E-state index < -0.39 is 0 Å². The predicted molar refractivity (Wildman–Crippen MR) is 127 cm³/mol. The second-order valence-corrected chi connectivity index (χ2v) is 7.79. The molecule has 0 unspecified atom stereocenters. The van der Waals surface area contributed by atoms with E-state index in [-0.39, 0.29) is 24.1 Å². The van der Waals surface area contributed by atoms with Gasteiger partial charge in [-0.05, 0) is 62.4 Å². The molecule has 2 aromatic carbocycles. The maximum Gasteiger partial charge on any atom is 0.251 e. The van der Waals surface area contributed by atoms with Crippen LogP contribution in [0.3, 0.4) is 0 Å². The van der Waals surface area contributed by atoms with E-state index in [1.807, 2.05) is 30.5 Å². The maximum absolute atomic E-state index is 12.4. The van der Waals surface area contributed by atoms with Crippen molar-refractivity contribution in [2.75, 3.05) is 24.8 Å². The first kappa shape index (κ1) is 24.1. The van der Waals surface area contributed by atoms with Crippen molar-refractivity contribution in [2.45, 2.75) is 32.1 Å². The number of methoxy groups -OCH3 is 1. The summed E-state index contributed by atoms with van der Waals surface area (Å²) < 4.78 is 12.4. The Labute approximate surface area is 196 Å². The molecule has 9 nitrogen and oxygen atoms in total. The van der Waals surface area contributed by atoms with Crippen LogP contribution in [0.15, 0.2) is 53.7 Å². The van der Waals surface area contributed by atoms with Crippen LogP contribution in [-0.4, -0.2) is 46.0 Å². The minimum atomic E-state index is -0.216. The fraction of sp³-hybridized carbons (Fsp3) is 0.304. The van der Waals surface area contributed by atoms with Gasteiger partial charge in [-0.1, -0.05) is 11.8 Å². The van der Waals surface area contributed by atoms with Crippen LogP contribution < -0.4 is 20.1 Å². The molecule has 0 aliphatic carbocycles. The molecule has 3 rings (SSSR count). The minimum Gasteiger partial charge on any atom is -0.497 e. The summed E-state index contributed by atoms with van der Waals surface area (Å²) in [6.45, 7) is 5.31. The molecule has 2 amide bonds. The van der Waals surface area contributed by atoms with Crippen LogP contribution in [0.1, 0.15) is 30.0 Å². The van der Waals surface area contributed by atoms with E-state index in [2.05, 4.69) is 20.8 Å². The number of hydrogen-bond acceptors (Lipinski definition) is 7. The van der Waals surface area contributed by atoms with Crippen LogP contribution in [0.25, 0.3) is 0 Å². The fourth-order valence-corrected chi connectivity index (χ4v) is 3.83. The van der Waals surface area contributed by atoms with Crippen LogP contribution in [-0.2, 0) is 17.9 Å². The SMILES string of the molecule is CCOc1ccc(NC(=O)CSc2nnc(CNC(=O)c3ccc(OC)cc3)n2CC)cc1. The Balaban J connectivity index is 1.52. The Hall–Kier alpha value is -3.53. The Morgan fingerprint density at radius 1 is 1.00 bits per heavy atom. The number of carbonyl (C=O) groups excluding carboxylic acids is 2. The summed E-state index contributed by atoms with van der Waals surface area (Å²) in [6.07, 6.45) is 0. The fourth-order valence-electron chi connectivity index (χ4n) is 3.01. The Morgan fingerprint density at radius 2 is 1.70 bits per heavy atom. The molecule has 0 spiro atoms. The Bertz CT molecular complexity index is 1070. The molecule has 2 N–H and O–H groups in total. The number of carbonyl (C=O) groups is 2. The highest BCUT2D eigenvalue weighted by molar-refractivity contribution is 7.99. The lowest BCUT2D eigenvalue weighted by Crippen LogP contribution is -2.24. The molecule has 10 heteroatoms. The third-order valence-corrected chi connectivity index (χ3v) is 5.62. The number of thioether (sulfide) groups is 1. The number of benzene rings is 2. The van der Waals surface area contributed by atoms with Gasteiger partial charge in [0, 0.05) is 17.8 Å². The van der Waals surface area contributed by atoms with Gasteiger partial charge in [-0.15, -0.1) is 10.2 Å². The zero-order valence-corrected chi connectivity index (χ0v) is 19.6. The second kappa shape index (κ2) is 11.9. The van der Waals surface area contributed by atoms with Gasteiger partial charge in [-0.2, -0.15) is 0 Å². The summed E-state index contributed by atoms with van der Waals surface area (Å²) in [6, 6.07) is 14.1. The number of amides is 2. The molecule has 1 heterocycles. The van der Waals surface area contributed by atoms with Gasteiger partial charge < -0.3 is 24.7 Å². The van der Waals surface area contributed by atoms with Crippen molar-refractivity contribution in [1.82, 2.24) is 20.1 Å². The molecule has 1 aromatic heterocycles. The van der Waals surface area contributed by atoms with E-state index in [0.29, 0.717) is 41.1 Å². The van der Waals surface area contributed by atoms with E-state index in [4.69, 9.17) is 9.47 Å². The number of anilines is 1. The first-order chi connectivity index (χ1) is 16.0. The number of ether oxygens (including phenoxy) is 2. The van der Waals surface area contributed by atoms with E-state index in [1.165, 1.54) is 11.8 Å². The largest absolute Gasteiger partial charge is 0.497 e. The van der Waals surface area contributed by atoms with Crippen LogP contribution in [0.4, 0.5) is 5.69 Å². The number of aromatic nitrogens is 3. The van der Waals surface area contributed by atoms with Gasteiger partial charge in [0.15, 0.2) is 11.0 Å². The van der Waals surface area contributed by atoms with Gasteiger partial charge in [0.2, 0.25) is 5.91 Å². The normalized spacial score (nSPS) is 10.5. The van der Waals surface area contributed by atoms with E-state index in [1.54, 1.807) is 43.5 Å². The van der Waals surface area contributed by atoms with Crippen LogP contribution >= 0.6 is 11.8 Å². The Morgan fingerprint density at radius 3 is 2.33 bits per heavy atom. The van der Waals surface area contributed by atoms with Crippen LogP contribution in [0, 0.1) is 0 Å². The number of nitrogens with one attached hydrogen (secondary N) is 2. The number of nitrogens with zero attached hydrogens (tertiary/aromatic N) is 3. The highest BCUT2D eigenvalue weighted by Crippen LogP contribution is 2.19. The van der Waals surface area contributed by atoms with Crippen molar-refractivity contribution in [3.8, 4) is 11.5 Å². The van der Waals surface area contributed by atoms with Crippen molar-refractivity contribution >= 4 is 29.3 Å². The van der Waals surface area contributed by atoms with Gasteiger partial charge in [0.05, 0.1) is 26.0 Å². The molecule has 0 fully saturated rings. The summed E-state index contributed by atoms with van der Waals surface area (Å²) in [7, 11) is 1.58. The zero-order valence-electron chi connectivity index (χ0n) is 18.8. The highest BCUT2D eigenvalue weighted by Gasteiger charge is 2.15. The van der Waals surface area contributed by atoms with E-state index >= 15 is 0 Å². The lowest BCUT2D eigenvalue weighted by Gasteiger charge is -2.09.